The van der Waals surface area contributed by atoms with Crippen LogP contribution in [0.15, 0.2) is 17.0 Å². The van der Waals surface area contributed by atoms with Gasteiger partial charge in [0.1, 0.15) is 16.5 Å². The molecule has 0 aliphatic rings. The summed E-state index contributed by atoms with van der Waals surface area (Å²) in [6.07, 6.45) is 0. The van der Waals surface area contributed by atoms with Crippen molar-refractivity contribution < 1.29 is 17.5 Å². The van der Waals surface area contributed by atoms with Gasteiger partial charge in [-0.1, -0.05) is 0 Å². The van der Waals surface area contributed by atoms with Crippen molar-refractivity contribution in [1.29, 1.82) is 5.26 Å². The lowest BCUT2D eigenvalue weighted by Gasteiger charge is -1.99. The summed E-state index contributed by atoms with van der Waals surface area (Å²) in [5, 5.41) is 8.29. The van der Waals surface area contributed by atoms with E-state index in [0.717, 1.165) is 0 Å². The number of nitriles is 1. The first kappa shape index (κ1) is 9.77. The summed E-state index contributed by atoms with van der Waals surface area (Å²) in [6, 6.07) is 2.92. The molecule has 6 heteroatoms. The topological polar surface area (TPSA) is 61.1 Å². The highest BCUT2D eigenvalue weighted by Crippen LogP contribution is 2.17. The molecule has 13 heavy (non-hydrogen) atoms. The van der Waals surface area contributed by atoms with Gasteiger partial charge in [0, 0.05) is 0 Å². The van der Waals surface area contributed by atoms with E-state index in [4.69, 9.17) is 9.81 Å². The average Bonchev–Trinajstić information content (AvgIpc) is 2.02. The molecule has 68 valence electrons. The Morgan fingerprint density at radius 1 is 1.38 bits per heavy atom. The first-order chi connectivity index (χ1) is 6.06. The fraction of sp³-hybridized carbons (Fsp3) is 0. The molecule has 0 bridgehead atoms. The monoisotopic (exact) mass is 203 g/mol. The predicted octanol–water partition coefficient (Wildman–Crippen LogP) is 1.42. The number of halogens is 2. The molecule has 3 nitrogen and oxygen atoms in total. The molecule has 0 aliphatic heterocycles. The van der Waals surface area contributed by atoms with Crippen LogP contribution in [0.25, 0.3) is 0 Å². The molecule has 0 aliphatic carbocycles. The largest absolute Gasteiger partial charge is 0.302 e. The van der Waals surface area contributed by atoms with Crippen molar-refractivity contribution in [1.82, 2.24) is 0 Å². The molecular weight excluding hydrogens is 200 g/mol. The molecule has 0 amide bonds. The van der Waals surface area contributed by atoms with Gasteiger partial charge in [0.15, 0.2) is 11.1 Å². The molecule has 1 aromatic rings. The van der Waals surface area contributed by atoms with E-state index in [9.17, 15) is 13.0 Å². The second kappa shape index (κ2) is 3.60. The normalized spacial score (nSPS) is 12.2. The molecule has 1 N–H and O–H groups in total. The van der Waals surface area contributed by atoms with E-state index in [1.165, 1.54) is 6.07 Å². The Labute approximate surface area is 74.9 Å². The summed E-state index contributed by atoms with van der Waals surface area (Å²) in [6.45, 7) is 0. The Morgan fingerprint density at radius 2 is 1.85 bits per heavy atom. The maximum absolute atomic E-state index is 12.8. The third kappa shape index (κ3) is 1.88. The molecule has 0 saturated carbocycles. The van der Waals surface area contributed by atoms with Gasteiger partial charge in [0.05, 0.1) is 11.6 Å². The zero-order valence-electron chi connectivity index (χ0n) is 6.12. The molecule has 1 atom stereocenters. The Bertz CT molecular complexity index is 390. The highest BCUT2D eigenvalue weighted by molar-refractivity contribution is 7.79. The summed E-state index contributed by atoms with van der Waals surface area (Å²) in [4.78, 5) is -0.931. The van der Waals surface area contributed by atoms with Gasteiger partial charge in [-0.25, -0.2) is 13.0 Å². The minimum absolute atomic E-state index is 0.232. The molecule has 0 spiro atoms. The molecular formula is C7H3F2NO2S. The smallest absolute Gasteiger partial charge is 0.192 e. The molecule has 0 radical (unpaired) electrons. The Balaban J connectivity index is 3.42. The highest BCUT2D eigenvalue weighted by atomic mass is 32.2. The van der Waals surface area contributed by atoms with E-state index in [1.807, 2.05) is 0 Å². The van der Waals surface area contributed by atoms with E-state index < -0.39 is 27.6 Å². The van der Waals surface area contributed by atoms with Crippen LogP contribution in [0.3, 0.4) is 0 Å². The summed E-state index contributed by atoms with van der Waals surface area (Å²) in [5.41, 5.74) is -0.232. The summed E-state index contributed by atoms with van der Waals surface area (Å²) in [5.74, 6) is -2.39. The Hall–Kier alpha value is -1.32. The predicted molar refractivity (Wildman–Crippen MR) is 40.1 cm³/mol. The van der Waals surface area contributed by atoms with Gasteiger partial charge in [-0.2, -0.15) is 5.26 Å². The van der Waals surface area contributed by atoms with Gasteiger partial charge in [-0.3, -0.25) is 0 Å². The summed E-state index contributed by atoms with van der Waals surface area (Å²) in [7, 11) is 0. The van der Waals surface area contributed by atoms with Crippen LogP contribution < -0.4 is 0 Å². The number of hydrogen-bond donors (Lipinski definition) is 1. The van der Waals surface area contributed by atoms with Crippen molar-refractivity contribution in [2.75, 3.05) is 0 Å². The first-order valence-corrected chi connectivity index (χ1v) is 4.17. The third-order valence-corrected chi connectivity index (χ3v) is 2.04. The fourth-order valence-electron chi connectivity index (χ4n) is 0.791. The van der Waals surface area contributed by atoms with Gasteiger partial charge in [-0.05, 0) is 12.1 Å². The average molecular weight is 203 g/mol. The van der Waals surface area contributed by atoms with Crippen molar-refractivity contribution in [3.05, 3.63) is 29.3 Å². The zero-order chi connectivity index (χ0) is 10.0. The van der Waals surface area contributed by atoms with Crippen molar-refractivity contribution in [3.63, 3.8) is 0 Å². The Morgan fingerprint density at radius 3 is 2.15 bits per heavy atom. The maximum Gasteiger partial charge on any atom is 0.192 e. The van der Waals surface area contributed by atoms with Crippen LogP contribution in [-0.2, 0) is 11.1 Å². The van der Waals surface area contributed by atoms with Crippen molar-refractivity contribution in [2.24, 2.45) is 0 Å². The van der Waals surface area contributed by atoms with E-state index in [-0.39, 0.29) is 5.56 Å². The van der Waals surface area contributed by atoms with E-state index in [0.29, 0.717) is 12.1 Å². The number of benzene rings is 1. The lowest BCUT2D eigenvalue weighted by atomic mass is 10.2. The SMILES string of the molecule is N#Cc1cc(F)c(S(=O)O)c(F)c1. The quantitative estimate of drug-likeness (QED) is 0.702. The molecule has 0 aromatic heterocycles. The van der Waals surface area contributed by atoms with Crippen molar-refractivity contribution >= 4 is 11.1 Å². The van der Waals surface area contributed by atoms with Crippen LogP contribution in [-0.4, -0.2) is 8.76 Å². The summed E-state index contributed by atoms with van der Waals surface area (Å²) >= 11 is -2.72. The van der Waals surface area contributed by atoms with Crippen molar-refractivity contribution in [2.45, 2.75) is 4.90 Å². The van der Waals surface area contributed by atoms with Crippen LogP contribution in [0.2, 0.25) is 0 Å². The minimum Gasteiger partial charge on any atom is -0.302 e. The standard InChI is InChI=1S/C7H3F2NO2S/c8-5-1-4(3-10)2-6(9)7(5)13(11)12/h1-2H,(H,11,12). The van der Waals surface area contributed by atoms with Crippen LogP contribution in [0, 0.1) is 23.0 Å². The van der Waals surface area contributed by atoms with Gasteiger partial charge in [0.25, 0.3) is 0 Å². The number of rotatable bonds is 1. The second-order valence-corrected chi connectivity index (χ2v) is 3.04. The van der Waals surface area contributed by atoms with E-state index >= 15 is 0 Å². The van der Waals surface area contributed by atoms with Gasteiger partial charge in [-0.15, -0.1) is 0 Å². The highest BCUT2D eigenvalue weighted by Gasteiger charge is 2.15. The molecule has 1 unspecified atom stereocenters. The zero-order valence-corrected chi connectivity index (χ0v) is 6.94. The van der Waals surface area contributed by atoms with E-state index in [2.05, 4.69) is 0 Å². The Kier molecular flexibility index (Phi) is 2.70. The second-order valence-electron chi connectivity index (χ2n) is 2.13. The van der Waals surface area contributed by atoms with Crippen LogP contribution in [0.1, 0.15) is 5.56 Å². The van der Waals surface area contributed by atoms with Gasteiger partial charge in [0.2, 0.25) is 0 Å². The van der Waals surface area contributed by atoms with Gasteiger partial charge < -0.3 is 4.55 Å². The third-order valence-electron chi connectivity index (χ3n) is 1.30. The first-order valence-electron chi connectivity index (χ1n) is 3.06. The molecule has 1 aromatic carbocycles. The van der Waals surface area contributed by atoms with E-state index in [1.54, 1.807) is 0 Å². The molecule has 1 rings (SSSR count). The lowest BCUT2D eigenvalue weighted by Crippen LogP contribution is -1.99. The molecule has 0 heterocycles. The lowest BCUT2D eigenvalue weighted by molar-refractivity contribution is 0.507. The molecule has 0 saturated heterocycles. The molecule has 0 fully saturated rings. The van der Waals surface area contributed by atoms with Crippen LogP contribution in [0.5, 0.6) is 0 Å². The van der Waals surface area contributed by atoms with Gasteiger partial charge >= 0.3 is 0 Å². The van der Waals surface area contributed by atoms with Crippen molar-refractivity contribution in [3.8, 4) is 6.07 Å². The minimum atomic E-state index is -2.72. The number of hydrogen-bond acceptors (Lipinski definition) is 2. The maximum atomic E-state index is 12.8. The van der Waals surface area contributed by atoms with Crippen LogP contribution in [0.4, 0.5) is 8.78 Å². The van der Waals surface area contributed by atoms with Crippen LogP contribution >= 0.6 is 0 Å². The summed E-state index contributed by atoms with van der Waals surface area (Å²) < 4.78 is 44.5. The number of nitrogens with zero attached hydrogens (tertiary/aromatic N) is 1. The fourth-order valence-corrected chi connectivity index (χ4v) is 1.24.